The first kappa shape index (κ1) is 20.4. The van der Waals surface area contributed by atoms with Gasteiger partial charge in [0.15, 0.2) is 0 Å². The Balaban J connectivity index is 1.36. The van der Waals surface area contributed by atoms with Crippen molar-refractivity contribution in [3.05, 3.63) is 18.5 Å². The highest BCUT2D eigenvalue weighted by Gasteiger charge is 2.30. The van der Waals surface area contributed by atoms with Gasteiger partial charge in [-0.25, -0.2) is 14.7 Å². The summed E-state index contributed by atoms with van der Waals surface area (Å²) in [6.45, 7) is 10.6. The van der Waals surface area contributed by atoms with Gasteiger partial charge in [0.1, 0.15) is 0 Å². The minimum atomic E-state index is -3.36. The molecular weight excluding hydrogens is 364 g/mol. The lowest BCUT2D eigenvalue weighted by atomic mass is 9.94. The average molecular weight is 397 g/mol. The van der Waals surface area contributed by atoms with Gasteiger partial charge in [0.2, 0.25) is 5.95 Å². The smallest absolute Gasteiger partial charge is 0.279 e. The standard InChI is InChI=1S/C18H32N6O2S/c1-16-13-17(2)15-24(14-16)27(25,26)21-7-4-8-22-9-11-23(12-10-22)18-19-5-3-6-20-18/h3,5-6,16-17,21H,4,7-15H2,1-2H3. The Bertz CT molecular complexity index is 668. The largest absolute Gasteiger partial charge is 0.338 e. The fourth-order valence-corrected chi connectivity index (χ4v) is 5.51. The number of rotatable bonds is 7. The molecule has 2 saturated heterocycles. The van der Waals surface area contributed by atoms with Gasteiger partial charge in [-0.3, -0.25) is 4.90 Å². The summed E-state index contributed by atoms with van der Waals surface area (Å²) < 4.78 is 29.4. The molecule has 0 bridgehead atoms. The van der Waals surface area contributed by atoms with Gasteiger partial charge in [0.05, 0.1) is 0 Å². The van der Waals surface area contributed by atoms with Crippen LogP contribution in [-0.2, 0) is 10.2 Å². The van der Waals surface area contributed by atoms with Crippen LogP contribution in [0.1, 0.15) is 26.7 Å². The normalized spacial score (nSPS) is 25.6. The number of hydrogen-bond acceptors (Lipinski definition) is 6. The summed E-state index contributed by atoms with van der Waals surface area (Å²) in [6.07, 6.45) is 5.46. The monoisotopic (exact) mass is 396 g/mol. The fraction of sp³-hybridized carbons (Fsp3) is 0.778. The van der Waals surface area contributed by atoms with E-state index in [1.807, 2.05) is 6.07 Å². The van der Waals surface area contributed by atoms with E-state index in [1.54, 1.807) is 16.7 Å². The predicted molar refractivity (Wildman–Crippen MR) is 107 cm³/mol. The first-order chi connectivity index (χ1) is 12.9. The van der Waals surface area contributed by atoms with Crippen LogP contribution < -0.4 is 9.62 Å². The Hall–Kier alpha value is -1.29. The molecule has 2 atom stereocenters. The second-order valence-corrected chi connectivity index (χ2v) is 9.65. The first-order valence-electron chi connectivity index (χ1n) is 9.93. The second-order valence-electron chi connectivity index (χ2n) is 7.89. The van der Waals surface area contributed by atoms with Crippen molar-refractivity contribution in [2.45, 2.75) is 26.7 Å². The third-order valence-electron chi connectivity index (χ3n) is 5.32. The van der Waals surface area contributed by atoms with Gasteiger partial charge in [-0.2, -0.15) is 12.7 Å². The highest BCUT2D eigenvalue weighted by atomic mass is 32.2. The molecule has 0 radical (unpaired) electrons. The maximum absolute atomic E-state index is 12.5. The molecule has 2 fully saturated rings. The number of hydrogen-bond donors (Lipinski definition) is 1. The summed E-state index contributed by atoms with van der Waals surface area (Å²) in [5.41, 5.74) is 0. The van der Waals surface area contributed by atoms with Crippen molar-refractivity contribution < 1.29 is 8.42 Å². The van der Waals surface area contributed by atoms with Gasteiger partial charge in [-0.1, -0.05) is 13.8 Å². The molecule has 2 aliphatic rings. The SMILES string of the molecule is CC1CC(C)CN(S(=O)(=O)NCCCN2CCN(c3ncccn3)CC2)C1. The van der Waals surface area contributed by atoms with Crippen LogP contribution in [0.4, 0.5) is 5.95 Å². The topological polar surface area (TPSA) is 81.7 Å². The molecule has 2 unspecified atom stereocenters. The van der Waals surface area contributed by atoms with Crippen LogP contribution in [0.25, 0.3) is 0 Å². The van der Waals surface area contributed by atoms with E-state index in [2.05, 4.69) is 38.3 Å². The third kappa shape index (κ3) is 5.84. The van der Waals surface area contributed by atoms with E-state index < -0.39 is 10.2 Å². The minimum absolute atomic E-state index is 0.426. The zero-order chi connectivity index (χ0) is 19.3. The van der Waals surface area contributed by atoms with Crippen LogP contribution in [0.15, 0.2) is 18.5 Å². The quantitative estimate of drug-likeness (QED) is 0.687. The summed E-state index contributed by atoms with van der Waals surface area (Å²) in [5, 5.41) is 0. The number of piperidine rings is 1. The Morgan fingerprint density at radius 2 is 1.70 bits per heavy atom. The van der Waals surface area contributed by atoms with Crippen molar-refractivity contribution >= 4 is 16.2 Å². The average Bonchev–Trinajstić information content (AvgIpc) is 2.66. The van der Waals surface area contributed by atoms with Gasteiger partial charge in [-0.05, 0) is 37.3 Å². The van der Waals surface area contributed by atoms with Crippen LogP contribution >= 0.6 is 0 Å². The maximum Gasteiger partial charge on any atom is 0.279 e. The van der Waals surface area contributed by atoms with E-state index in [0.717, 1.165) is 51.5 Å². The lowest BCUT2D eigenvalue weighted by Crippen LogP contribution is -2.49. The zero-order valence-corrected chi connectivity index (χ0v) is 17.2. The third-order valence-corrected chi connectivity index (χ3v) is 6.87. The highest BCUT2D eigenvalue weighted by Crippen LogP contribution is 2.22. The lowest BCUT2D eigenvalue weighted by Gasteiger charge is -2.35. The number of nitrogens with one attached hydrogen (secondary N) is 1. The van der Waals surface area contributed by atoms with Gasteiger partial charge in [0, 0.05) is 58.2 Å². The molecule has 0 saturated carbocycles. The zero-order valence-electron chi connectivity index (χ0n) is 16.4. The number of anilines is 1. The molecule has 0 aliphatic carbocycles. The van der Waals surface area contributed by atoms with Crippen molar-refractivity contribution in [2.75, 3.05) is 57.3 Å². The maximum atomic E-state index is 12.5. The van der Waals surface area contributed by atoms with Gasteiger partial charge in [0.25, 0.3) is 10.2 Å². The van der Waals surface area contributed by atoms with Crippen molar-refractivity contribution in [3.8, 4) is 0 Å². The summed E-state index contributed by atoms with van der Waals surface area (Å²) in [6, 6.07) is 1.83. The van der Waals surface area contributed by atoms with Crippen LogP contribution in [0, 0.1) is 11.8 Å². The van der Waals surface area contributed by atoms with Crippen LogP contribution in [0.2, 0.25) is 0 Å². The van der Waals surface area contributed by atoms with Crippen molar-refractivity contribution in [3.63, 3.8) is 0 Å². The van der Waals surface area contributed by atoms with Crippen molar-refractivity contribution in [1.82, 2.24) is 23.9 Å². The Morgan fingerprint density at radius 3 is 2.33 bits per heavy atom. The predicted octanol–water partition coefficient (Wildman–Crippen LogP) is 0.801. The molecule has 1 aromatic rings. The van der Waals surface area contributed by atoms with Gasteiger partial charge < -0.3 is 4.90 Å². The van der Waals surface area contributed by atoms with Crippen LogP contribution in [0.5, 0.6) is 0 Å². The summed E-state index contributed by atoms with van der Waals surface area (Å²) >= 11 is 0. The molecule has 3 heterocycles. The van der Waals surface area contributed by atoms with Crippen LogP contribution in [0.3, 0.4) is 0 Å². The number of nitrogens with zero attached hydrogens (tertiary/aromatic N) is 5. The molecule has 9 heteroatoms. The van der Waals surface area contributed by atoms with E-state index in [4.69, 9.17) is 0 Å². The molecule has 8 nitrogen and oxygen atoms in total. The van der Waals surface area contributed by atoms with E-state index in [9.17, 15) is 8.42 Å². The summed E-state index contributed by atoms with van der Waals surface area (Å²) in [7, 11) is -3.36. The van der Waals surface area contributed by atoms with E-state index in [-0.39, 0.29) is 0 Å². The van der Waals surface area contributed by atoms with E-state index in [1.165, 1.54) is 0 Å². The molecule has 27 heavy (non-hydrogen) atoms. The first-order valence-corrected chi connectivity index (χ1v) is 11.4. The van der Waals surface area contributed by atoms with Crippen molar-refractivity contribution in [1.29, 1.82) is 0 Å². The highest BCUT2D eigenvalue weighted by molar-refractivity contribution is 7.87. The van der Waals surface area contributed by atoms with Gasteiger partial charge in [-0.15, -0.1) is 0 Å². The number of piperazine rings is 1. The number of aromatic nitrogens is 2. The Labute approximate surface area is 163 Å². The minimum Gasteiger partial charge on any atom is -0.338 e. The molecule has 3 rings (SSSR count). The second kappa shape index (κ2) is 9.27. The molecule has 0 aromatic carbocycles. The molecule has 2 aliphatic heterocycles. The molecule has 1 aromatic heterocycles. The van der Waals surface area contributed by atoms with Crippen molar-refractivity contribution in [2.24, 2.45) is 11.8 Å². The Morgan fingerprint density at radius 1 is 1.07 bits per heavy atom. The molecular formula is C18H32N6O2S. The molecule has 152 valence electrons. The van der Waals surface area contributed by atoms with Gasteiger partial charge >= 0.3 is 0 Å². The molecule has 0 spiro atoms. The molecule has 0 amide bonds. The Kier molecular flexibility index (Phi) is 7.02. The van der Waals surface area contributed by atoms with Crippen LogP contribution in [-0.4, -0.2) is 79.9 Å². The summed E-state index contributed by atoms with van der Waals surface area (Å²) in [4.78, 5) is 13.2. The summed E-state index contributed by atoms with van der Waals surface area (Å²) in [5.74, 6) is 1.64. The fourth-order valence-electron chi connectivity index (χ4n) is 4.02. The van der Waals surface area contributed by atoms with E-state index in [0.29, 0.717) is 31.5 Å². The molecule has 1 N–H and O–H groups in total. The lowest BCUT2D eigenvalue weighted by molar-refractivity contribution is 0.220. The van der Waals surface area contributed by atoms with E-state index >= 15 is 0 Å².